The van der Waals surface area contributed by atoms with E-state index in [2.05, 4.69) is 5.32 Å². The number of carboxylic acid groups (broad SMARTS) is 1. The standard InChI is InChI=1S/C9H13NO3/c11-6-8(9(12)13)10-7-4-2-1-3-5-7/h1-4,7-8,10-11H,5-6H2,(H,12,13)/t7?,8-/m0/s1. The fourth-order valence-electron chi connectivity index (χ4n) is 1.16. The van der Waals surface area contributed by atoms with Crippen molar-refractivity contribution >= 4 is 5.97 Å². The van der Waals surface area contributed by atoms with Gasteiger partial charge in [-0.1, -0.05) is 24.3 Å². The van der Waals surface area contributed by atoms with Crippen LogP contribution in [0, 0.1) is 0 Å². The van der Waals surface area contributed by atoms with Crippen LogP contribution in [-0.4, -0.2) is 34.9 Å². The molecule has 0 aliphatic heterocycles. The summed E-state index contributed by atoms with van der Waals surface area (Å²) in [6.07, 6.45) is 8.37. The first-order chi connectivity index (χ1) is 6.24. The average Bonchev–Trinajstić information content (AvgIpc) is 2.15. The lowest BCUT2D eigenvalue weighted by molar-refractivity contribution is -0.140. The van der Waals surface area contributed by atoms with Crippen LogP contribution < -0.4 is 5.32 Å². The molecule has 4 nitrogen and oxygen atoms in total. The van der Waals surface area contributed by atoms with Gasteiger partial charge in [0, 0.05) is 6.04 Å². The Bertz CT molecular complexity index is 235. The number of hydrogen-bond donors (Lipinski definition) is 3. The highest BCUT2D eigenvalue weighted by atomic mass is 16.4. The summed E-state index contributed by atoms with van der Waals surface area (Å²) in [5.74, 6) is -1.02. The van der Waals surface area contributed by atoms with Gasteiger partial charge in [0.2, 0.25) is 0 Å². The van der Waals surface area contributed by atoms with Crippen molar-refractivity contribution in [1.82, 2.24) is 5.32 Å². The maximum absolute atomic E-state index is 10.5. The first-order valence-corrected chi connectivity index (χ1v) is 4.17. The van der Waals surface area contributed by atoms with Gasteiger partial charge in [0.25, 0.3) is 0 Å². The van der Waals surface area contributed by atoms with E-state index in [9.17, 15) is 4.79 Å². The van der Waals surface area contributed by atoms with Gasteiger partial charge in [-0.15, -0.1) is 0 Å². The summed E-state index contributed by atoms with van der Waals surface area (Å²) in [5.41, 5.74) is 0. The molecule has 4 heteroatoms. The highest BCUT2D eigenvalue weighted by Gasteiger charge is 2.18. The van der Waals surface area contributed by atoms with Crippen LogP contribution in [0.2, 0.25) is 0 Å². The van der Waals surface area contributed by atoms with E-state index >= 15 is 0 Å². The number of carbonyl (C=O) groups is 1. The summed E-state index contributed by atoms with van der Waals surface area (Å²) in [7, 11) is 0. The van der Waals surface area contributed by atoms with Gasteiger partial charge in [0.15, 0.2) is 0 Å². The van der Waals surface area contributed by atoms with Gasteiger partial charge in [-0.05, 0) is 6.42 Å². The van der Waals surface area contributed by atoms with Crippen LogP contribution in [0.1, 0.15) is 6.42 Å². The number of aliphatic hydroxyl groups is 1. The van der Waals surface area contributed by atoms with Gasteiger partial charge in [-0.3, -0.25) is 10.1 Å². The lowest BCUT2D eigenvalue weighted by Gasteiger charge is -2.19. The van der Waals surface area contributed by atoms with Crippen molar-refractivity contribution in [3.05, 3.63) is 24.3 Å². The van der Waals surface area contributed by atoms with Gasteiger partial charge in [-0.25, -0.2) is 0 Å². The van der Waals surface area contributed by atoms with Crippen LogP contribution in [0.15, 0.2) is 24.3 Å². The number of rotatable bonds is 4. The van der Waals surface area contributed by atoms with Crippen molar-refractivity contribution in [2.24, 2.45) is 0 Å². The lowest BCUT2D eigenvalue weighted by atomic mass is 10.1. The quantitative estimate of drug-likeness (QED) is 0.569. The van der Waals surface area contributed by atoms with E-state index in [1.807, 2.05) is 24.3 Å². The fourth-order valence-corrected chi connectivity index (χ4v) is 1.16. The van der Waals surface area contributed by atoms with E-state index in [1.165, 1.54) is 0 Å². The predicted octanol–water partition coefficient (Wildman–Crippen LogP) is -0.0938. The zero-order valence-electron chi connectivity index (χ0n) is 7.18. The molecule has 0 aromatic rings. The molecule has 72 valence electrons. The molecule has 0 heterocycles. The Labute approximate surface area is 76.6 Å². The largest absolute Gasteiger partial charge is 0.480 e. The molecule has 0 fully saturated rings. The van der Waals surface area contributed by atoms with Gasteiger partial charge >= 0.3 is 5.97 Å². The third-order valence-corrected chi connectivity index (χ3v) is 1.88. The van der Waals surface area contributed by atoms with Gasteiger partial charge in [0.1, 0.15) is 6.04 Å². The van der Waals surface area contributed by atoms with Crippen LogP contribution in [0.25, 0.3) is 0 Å². The van der Waals surface area contributed by atoms with Crippen molar-refractivity contribution in [2.75, 3.05) is 6.61 Å². The van der Waals surface area contributed by atoms with Crippen LogP contribution in [0.4, 0.5) is 0 Å². The van der Waals surface area contributed by atoms with Crippen molar-refractivity contribution < 1.29 is 15.0 Å². The van der Waals surface area contributed by atoms with E-state index in [1.54, 1.807) is 0 Å². The molecule has 1 unspecified atom stereocenters. The predicted molar refractivity (Wildman–Crippen MR) is 48.3 cm³/mol. The van der Waals surface area contributed by atoms with Crippen LogP contribution >= 0.6 is 0 Å². The summed E-state index contributed by atoms with van der Waals surface area (Å²) in [6.45, 7) is -0.386. The van der Waals surface area contributed by atoms with Gasteiger partial charge < -0.3 is 10.2 Å². The van der Waals surface area contributed by atoms with Gasteiger partial charge in [0.05, 0.1) is 6.61 Å². The lowest BCUT2D eigenvalue weighted by Crippen LogP contribution is -2.45. The third kappa shape index (κ3) is 3.01. The first-order valence-electron chi connectivity index (χ1n) is 4.17. The molecule has 0 aromatic carbocycles. The molecule has 0 aromatic heterocycles. The Balaban J connectivity index is 2.42. The summed E-state index contributed by atoms with van der Waals surface area (Å²) >= 11 is 0. The molecular weight excluding hydrogens is 170 g/mol. The second kappa shape index (κ2) is 4.79. The Kier molecular flexibility index (Phi) is 3.67. The van der Waals surface area contributed by atoms with E-state index in [-0.39, 0.29) is 12.6 Å². The van der Waals surface area contributed by atoms with Crippen molar-refractivity contribution in [3.8, 4) is 0 Å². The maximum atomic E-state index is 10.5. The topological polar surface area (TPSA) is 69.6 Å². The molecule has 0 saturated carbocycles. The molecular formula is C9H13NO3. The smallest absolute Gasteiger partial charge is 0.323 e. The molecule has 1 aliphatic rings. The molecule has 1 rings (SSSR count). The normalized spacial score (nSPS) is 23.0. The Morgan fingerprint density at radius 3 is 2.85 bits per heavy atom. The summed E-state index contributed by atoms with van der Waals surface area (Å²) in [4.78, 5) is 10.5. The van der Waals surface area contributed by atoms with Crippen molar-refractivity contribution in [3.63, 3.8) is 0 Å². The zero-order valence-corrected chi connectivity index (χ0v) is 7.18. The molecule has 2 atom stereocenters. The minimum atomic E-state index is -1.02. The van der Waals surface area contributed by atoms with Crippen LogP contribution in [0.5, 0.6) is 0 Å². The second-order valence-electron chi connectivity index (χ2n) is 2.90. The van der Waals surface area contributed by atoms with Crippen LogP contribution in [0.3, 0.4) is 0 Å². The minimum absolute atomic E-state index is 0.0123. The molecule has 0 radical (unpaired) electrons. The number of aliphatic carboxylic acids is 1. The maximum Gasteiger partial charge on any atom is 0.323 e. The Hall–Kier alpha value is -1.13. The number of allylic oxidation sites excluding steroid dienone is 2. The molecule has 0 saturated heterocycles. The Morgan fingerprint density at radius 1 is 1.62 bits per heavy atom. The molecule has 0 spiro atoms. The number of aliphatic hydroxyl groups excluding tert-OH is 1. The number of carboxylic acids is 1. The van der Waals surface area contributed by atoms with Crippen molar-refractivity contribution in [2.45, 2.75) is 18.5 Å². The molecule has 13 heavy (non-hydrogen) atoms. The summed E-state index contributed by atoms with van der Waals surface area (Å²) in [5, 5.41) is 20.2. The van der Waals surface area contributed by atoms with E-state index < -0.39 is 12.0 Å². The highest BCUT2D eigenvalue weighted by molar-refractivity contribution is 5.73. The highest BCUT2D eigenvalue weighted by Crippen LogP contribution is 2.03. The minimum Gasteiger partial charge on any atom is -0.480 e. The summed E-state index contributed by atoms with van der Waals surface area (Å²) in [6, 6.07) is -0.862. The van der Waals surface area contributed by atoms with E-state index in [0.717, 1.165) is 6.42 Å². The zero-order chi connectivity index (χ0) is 9.68. The van der Waals surface area contributed by atoms with Crippen LogP contribution in [-0.2, 0) is 4.79 Å². The molecule has 3 N–H and O–H groups in total. The fraction of sp³-hybridized carbons (Fsp3) is 0.444. The number of hydrogen-bond acceptors (Lipinski definition) is 3. The van der Waals surface area contributed by atoms with E-state index in [4.69, 9.17) is 10.2 Å². The summed E-state index contributed by atoms with van der Waals surface area (Å²) < 4.78 is 0. The second-order valence-corrected chi connectivity index (χ2v) is 2.90. The SMILES string of the molecule is O=C(O)[C@H](CO)NC1C=CC=CC1. The Morgan fingerprint density at radius 2 is 2.38 bits per heavy atom. The van der Waals surface area contributed by atoms with Gasteiger partial charge in [-0.2, -0.15) is 0 Å². The average molecular weight is 183 g/mol. The molecule has 0 amide bonds. The monoisotopic (exact) mass is 183 g/mol. The van der Waals surface area contributed by atoms with E-state index in [0.29, 0.717) is 0 Å². The van der Waals surface area contributed by atoms with Crippen molar-refractivity contribution in [1.29, 1.82) is 0 Å². The third-order valence-electron chi connectivity index (χ3n) is 1.88. The first kappa shape index (κ1) is 9.95. The molecule has 0 bridgehead atoms. The molecule has 1 aliphatic carbocycles. The number of nitrogens with one attached hydrogen (secondary N) is 1.